The van der Waals surface area contributed by atoms with Gasteiger partial charge in [0.15, 0.2) is 0 Å². The van der Waals surface area contributed by atoms with E-state index in [0.717, 1.165) is 16.5 Å². The minimum absolute atomic E-state index is 0.234. The summed E-state index contributed by atoms with van der Waals surface area (Å²) < 4.78 is 19.4. The molecule has 19 heavy (non-hydrogen) atoms. The molecule has 0 saturated carbocycles. The fourth-order valence-electron chi connectivity index (χ4n) is 1.63. The van der Waals surface area contributed by atoms with Crippen LogP contribution in [0.1, 0.15) is 5.56 Å². The maximum Gasteiger partial charge on any atom is 0.146 e. The first-order valence-electron chi connectivity index (χ1n) is 5.71. The highest BCUT2D eigenvalue weighted by molar-refractivity contribution is 9.10. The highest BCUT2D eigenvalue weighted by Crippen LogP contribution is 2.34. The summed E-state index contributed by atoms with van der Waals surface area (Å²) in [4.78, 5) is 0. The van der Waals surface area contributed by atoms with Crippen LogP contribution in [0, 0.1) is 5.82 Å². The number of benzene rings is 2. The highest BCUT2D eigenvalue weighted by Gasteiger charge is 2.08. The summed E-state index contributed by atoms with van der Waals surface area (Å²) >= 11 is 9.35. The predicted molar refractivity (Wildman–Crippen MR) is 78.4 cm³/mol. The van der Waals surface area contributed by atoms with E-state index in [4.69, 9.17) is 22.1 Å². The Hall–Kier alpha value is -1.10. The van der Waals surface area contributed by atoms with Crippen LogP contribution in [0.2, 0.25) is 5.02 Å². The second kappa shape index (κ2) is 6.37. The summed E-state index contributed by atoms with van der Waals surface area (Å²) in [5.41, 5.74) is 6.62. The highest BCUT2D eigenvalue weighted by atomic mass is 79.9. The molecule has 0 amide bonds. The van der Waals surface area contributed by atoms with Gasteiger partial charge in [0.25, 0.3) is 0 Å². The lowest BCUT2D eigenvalue weighted by molar-refractivity contribution is 0.477. The molecule has 0 aliphatic carbocycles. The van der Waals surface area contributed by atoms with Gasteiger partial charge in [-0.2, -0.15) is 0 Å². The normalized spacial score (nSPS) is 10.5. The molecule has 2 aromatic carbocycles. The fourth-order valence-corrected chi connectivity index (χ4v) is 2.34. The van der Waals surface area contributed by atoms with Gasteiger partial charge in [-0.1, -0.05) is 17.7 Å². The summed E-state index contributed by atoms with van der Waals surface area (Å²) in [6, 6.07) is 9.72. The molecule has 0 spiro atoms. The summed E-state index contributed by atoms with van der Waals surface area (Å²) in [5, 5.41) is 0.234. The summed E-state index contributed by atoms with van der Waals surface area (Å²) in [6.45, 7) is 0.594. The molecule has 5 heteroatoms. The molecule has 0 bridgehead atoms. The molecule has 0 fully saturated rings. The molecule has 2 aromatic rings. The molecular weight excluding hydrogens is 333 g/mol. The molecule has 0 unspecified atom stereocenters. The van der Waals surface area contributed by atoms with Crippen LogP contribution in [-0.4, -0.2) is 6.54 Å². The molecule has 0 saturated heterocycles. The third-order valence-electron chi connectivity index (χ3n) is 2.54. The Bertz CT molecular complexity index is 592. The number of halogens is 3. The number of ether oxygens (including phenoxy) is 1. The summed E-state index contributed by atoms with van der Waals surface area (Å²) in [7, 11) is 0. The standard InChI is InChI=1S/C14H12BrClFNO/c15-11-7-9(5-6-18)1-3-13(11)19-14-4-2-10(17)8-12(14)16/h1-4,7-8H,5-6,18H2. The van der Waals surface area contributed by atoms with Crippen LogP contribution in [0.4, 0.5) is 4.39 Å². The average Bonchev–Trinajstić information content (AvgIpc) is 2.36. The minimum Gasteiger partial charge on any atom is -0.455 e. The second-order valence-electron chi connectivity index (χ2n) is 3.98. The van der Waals surface area contributed by atoms with E-state index in [-0.39, 0.29) is 5.02 Å². The van der Waals surface area contributed by atoms with Crippen molar-refractivity contribution in [1.29, 1.82) is 0 Å². The van der Waals surface area contributed by atoms with Crippen LogP contribution in [0.15, 0.2) is 40.9 Å². The third kappa shape index (κ3) is 3.69. The fraction of sp³-hybridized carbons (Fsp3) is 0.143. The van der Waals surface area contributed by atoms with Gasteiger partial charge in [0.05, 0.1) is 9.50 Å². The van der Waals surface area contributed by atoms with E-state index in [2.05, 4.69) is 15.9 Å². The maximum absolute atomic E-state index is 12.9. The van der Waals surface area contributed by atoms with Gasteiger partial charge in [0.2, 0.25) is 0 Å². The van der Waals surface area contributed by atoms with Gasteiger partial charge in [-0.05, 0) is 64.8 Å². The van der Waals surface area contributed by atoms with Crippen molar-refractivity contribution in [3.8, 4) is 11.5 Å². The average molecular weight is 345 g/mol. The Morgan fingerprint density at radius 2 is 1.89 bits per heavy atom. The lowest BCUT2D eigenvalue weighted by Gasteiger charge is -2.10. The van der Waals surface area contributed by atoms with Gasteiger partial charge in [0.1, 0.15) is 17.3 Å². The monoisotopic (exact) mass is 343 g/mol. The zero-order chi connectivity index (χ0) is 13.8. The second-order valence-corrected chi connectivity index (χ2v) is 5.24. The quantitative estimate of drug-likeness (QED) is 0.884. The molecular formula is C14H12BrClFNO. The van der Waals surface area contributed by atoms with Crippen molar-refractivity contribution in [2.45, 2.75) is 6.42 Å². The molecule has 2 nitrogen and oxygen atoms in total. The first-order chi connectivity index (χ1) is 9.10. The smallest absolute Gasteiger partial charge is 0.146 e. The van der Waals surface area contributed by atoms with Crippen LogP contribution in [-0.2, 0) is 6.42 Å². The largest absolute Gasteiger partial charge is 0.455 e. The molecule has 0 heterocycles. The lowest BCUT2D eigenvalue weighted by Crippen LogP contribution is -2.02. The molecule has 0 aromatic heterocycles. The zero-order valence-electron chi connectivity index (χ0n) is 10.00. The van der Waals surface area contributed by atoms with E-state index < -0.39 is 5.82 Å². The predicted octanol–water partition coefficient (Wildman–Crippen LogP) is 4.54. The molecule has 2 rings (SSSR count). The Morgan fingerprint density at radius 1 is 1.16 bits per heavy atom. The van der Waals surface area contributed by atoms with E-state index in [1.807, 2.05) is 18.2 Å². The molecule has 0 atom stereocenters. The van der Waals surface area contributed by atoms with Crippen LogP contribution in [0.25, 0.3) is 0 Å². The SMILES string of the molecule is NCCc1ccc(Oc2ccc(F)cc2Cl)c(Br)c1. The first-order valence-corrected chi connectivity index (χ1v) is 6.88. The molecule has 2 N–H and O–H groups in total. The van der Waals surface area contributed by atoms with Crippen molar-refractivity contribution in [2.75, 3.05) is 6.54 Å². The van der Waals surface area contributed by atoms with E-state index in [0.29, 0.717) is 18.0 Å². The Balaban J connectivity index is 2.23. The Labute approximate surface area is 124 Å². The van der Waals surface area contributed by atoms with E-state index in [1.54, 1.807) is 0 Å². The number of rotatable bonds is 4. The summed E-state index contributed by atoms with van der Waals surface area (Å²) in [5.74, 6) is 0.638. The van der Waals surface area contributed by atoms with Crippen LogP contribution in [0.5, 0.6) is 11.5 Å². The van der Waals surface area contributed by atoms with Crippen molar-refractivity contribution in [1.82, 2.24) is 0 Å². The van der Waals surface area contributed by atoms with Crippen molar-refractivity contribution in [3.05, 3.63) is 57.3 Å². The van der Waals surface area contributed by atoms with Crippen LogP contribution in [0.3, 0.4) is 0 Å². The molecule has 0 aliphatic heterocycles. The molecule has 0 radical (unpaired) electrons. The van der Waals surface area contributed by atoms with E-state index >= 15 is 0 Å². The van der Waals surface area contributed by atoms with Gasteiger partial charge >= 0.3 is 0 Å². The van der Waals surface area contributed by atoms with Crippen molar-refractivity contribution < 1.29 is 9.13 Å². The number of hydrogen-bond acceptors (Lipinski definition) is 2. The number of hydrogen-bond donors (Lipinski definition) is 1. The van der Waals surface area contributed by atoms with Gasteiger partial charge in [-0.25, -0.2) is 4.39 Å². The Morgan fingerprint density at radius 3 is 2.53 bits per heavy atom. The summed E-state index contributed by atoms with van der Waals surface area (Å²) in [6.07, 6.45) is 0.802. The Kier molecular flexibility index (Phi) is 4.80. The van der Waals surface area contributed by atoms with Gasteiger partial charge in [0, 0.05) is 0 Å². The zero-order valence-corrected chi connectivity index (χ0v) is 12.3. The lowest BCUT2D eigenvalue weighted by atomic mass is 10.1. The number of nitrogens with two attached hydrogens (primary N) is 1. The van der Waals surface area contributed by atoms with Crippen molar-refractivity contribution >= 4 is 27.5 Å². The van der Waals surface area contributed by atoms with Gasteiger partial charge < -0.3 is 10.5 Å². The topological polar surface area (TPSA) is 35.2 Å². The van der Waals surface area contributed by atoms with Crippen LogP contribution >= 0.6 is 27.5 Å². The third-order valence-corrected chi connectivity index (χ3v) is 3.46. The molecule has 0 aliphatic rings. The van der Waals surface area contributed by atoms with Gasteiger partial charge in [-0.3, -0.25) is 0 Å². The van der Waals surface area contributed by atoms with Crippen molar-refractivity contribution in [3.63, 3.8) is 0 Å². The van der Waals surface area contributed by atoms with E-state index in [9.17, 15) is 4.39 Å². The first kappa shape index (κ1) is 14.3. The molecule has 100 valence electrons. The minimum atomic E-state index is -0.394. The van der Waals surface area contributed by atoms with Crippen LogP contribution < -0.4 is 10.5 Å². The van der Waals surface area contributed by atoms with Gasteiger partial charge in [-0.15, -0.1) is 0 Å². The van der Waals surface area contributed by atoms with Crippen molar-refractivity contribution in [2.24, 2.45) is 5.73 Å². The maximum atomic E-state index is 12.9. The van der Waals surface area contributed by atoms with E-state index in [1.165, 1.54) is 18.2 Å².